The second-order valence-electron chi connectivity index (χ2n) is 7.08. The molecule has 1 aliphatic carbocycles. The Balaban J connectivity index is 1.93. The van der Waals surface area contributed by atoms with E-state index in [-0.39, 0.29) is 0 Å². The number of thioether (sulfide) groups is 1. The van der Waals surface area contributed by atoms with Crippen molar-refractivity contribution in [3.05, 3.63) is 70.9 Å². The third-order valence-corrected chi connectivity index (χ3v) is 6.15. The van der Waals surface area contributed by atoms with Crippen LogP contribution in [0.25, 0.3) is 10.9 Å². The molecule has 0 spiro atoms. The molecule has 1 atom stereocenters. The molecule has 0 saturated heterocycles. The van der Waals surface area contributed by atoms with Gasteiger partial charge in [-0.25, -0.2) is 8.78 Å². The first-order chi connectivity index (χ1) is 12.1. The molecule has 3 aromatic rings. The van der Waals surface area contributed by atoms with E-state index in [2.05, 4.69) is 36.4 Å². The van der Waals surface area contributed by atoms with E-state index in [0.29, 0.717) is 11.5 Å². The zero-order valence-electron chi connectivity index (χ0n) is 14.4. The lowest BCUT2D eigenvalue weighted by atomic mass is 9.72. The van der Waals surface area contributed by atoms with Crippen LogP contribution in [0.1, 0.15) is 36.5 Å². The number of halogens is 2. The number of fused-ring (bicyclic) bond motifs is 1. The minimum atomic E-state index is -0.527. The van der Waals surface area contributed by atoms with Gasteiger partial charge in [0.05, 0.1) is 0 Å². The van der Waals surface area contributed by atoms with Gasteiger partial charge in [-0.2, -0.15) is 11.8 Å². The quantitative estimate of drug-likeness (QED) is 0.590. The Hall–Kier alpha value is -1.81. The average Bonchev–Trinajstić information content (AvgIpc) is 3.34. The van der Waals surface area contributed by atoms with Gasteiger partial charge in [0, 0.05) is 34.3 Å². The number of H-pyrrole nitrogens is 1. The summed E-state index contributed by atoms with van der Waals surface area (Å²) in [6.45, 7) is 2.10. The minimum absolute atomic E-state index is 0.385. The van der Waals surface area contributed by atoms with Gasteiger partial charge < -0.3 is 4.98 Å². The third-order valence-electron chi connectivity index (χ3n) is 5.55. The largest absolute Gasteiger partial charge is 0.361 e. The monoisotopic (exact) mass is 357 g/mol. The molecule has 1 unspecified atom stereocenters. The highest BCUT2D eigenvalue weighted by Crippen LogP contribution is 2.53. The Morgan fingerprint density at radius 1 is 1.16 bits per heavy atom. The molecule has 25 heavy (non-hydrogen) atoms. The molecule has 130 valence electrons. The molecule has 0 amide bonds. The zero-order valence-corrected chi connectivity index (χ0v) is 15.2. The maximum atomic E-state index is 14.7. The number of para-hydroxylation sites is 1. The summed E-state index contributed by atoms with van der Waals surface area (Å²) in [4.78, 5) is 3.42. The number of benzene rings is 2. The summed E-state index contributed by atoms with van der Waals surface area (Å²) in [7, 11) is 0. The Morgan fingerprint density at radius 2 is 1.96 bits per heavy atom. The van der Waals surface area contributed by atoms with E-state index < -0.39 is 17.0 Å². The van der Waals surface area contributed by atoms with Gasteiger partial charge in [0.25, 0.3) is 0 Å². The van der Waals surface area contributed by atoms with Crippen LogP contribution in [-0.2, 0) is 11.2 Å². The number of aromatic nitrogens is 1. The lowest BCUT2D eigenvalue weighted by Crippen LogP contribution is -2.27. The average molecular weight is 357 g/mol. The number of aromatic amines is 1. The second-order valence-corrected chi connectivity index (χ2v) is 7.94. The Kier molecular flexibility index (Phi) is 4.11. The molecule has 1 N–H and O–H groups in total. The fraction of sp³-hybridized carbons (Fsp3) is 0.333. The van der Waals surface area contributed by atoms with Gasteiger partial charge in [0.15, 0.2) is 0 Å². The van der Waals surface area contributed by atoms with Crippen molar-refractivity contribution in [1.29, 1.82) is 0 Å². The van der Waals surface area contributed by atoms with Gasteiger partial charge in [-0.15, -0.1) is 0 Å². The first-order valence-corrected chi connectivity index (χ1v) is 9.99. The number of hydrogen-bond acceptors (Lipinski definition) is 1. The van der Waals surface area contributed by atoms with Gasteiger partial charge in [0.2, 0.25) is 0 Å². The van der Waals surface area contributed by atoms with E-state index >= 15 is 0 Å². The second kappa shape index (κ2) is 6.17. The van der Waals surface area contributed by atoms with Crippen molar-refractivity contribution in [3.8, 4) is 0 Å². The Bertz CT molecular complexity index is 929. The zero-order chi connectivity index (χ0) is 17.6. The predicted octanol–water partition coefficient (Wildman–Crippen LogP) is 6.03. The highest BCUT2D eigenvalue weighted by Gasteiger charge is 2.46. The van der Waals surface area contributed by atoms with Crippen molar-refractivity contribution in [2.45, 2.75) is 30.9 Å². The molecule has 1 heterocycles. The van der Waals surface area contributed by atoms with Crippen molar-refractivity contribution in [1.82, 2.24) is 4.98 Å². The van der Waals surface area contributed by atoms with E-state index in [1.54, 1.807) is 17.8 Å². The topological polar surface area (TPSA) is 15.8 Å². The molecule has 1 aliphatic rings. The normalized spacial score (nSPS) is 17.0. The molecule has 0 aliphatic heterocycles. The van der Waals surface area contributed by atoms with Crippen LogP contribution in [0.15, 0.2) is 42.6 Å². The summed E-state index contributed by atoms with van der Waals surface area (Å²) in [6.07, 6.45) is 6.26. The maximum absolute atomic E-state index is 14.7. The molecule has 1 fully saturated rings. The van der Waals surface area contributed by atoms with Gasteiger partial charge in [-0.05, 0) is 47.8 Å². The first-order valence-electron chi connectivity index (χ1n) is 8.59. The maximum Gasteiger partial charge on any atom is 0.130 e. The summed E-state index contributed by atoms with van der Waals surface area (Å²) >= 11 is 1.78. The molecule has 0 radical (unpaired) electrons. The predicted molar refractivity (Wildman–Crippen MR) is 101 cm³/mol. The molecule has 1 aromatic heterocycles. The third kappa shape index (κ3) is 2.67. The Morgan fingerprint density at radius 3 is 2.64 bits per heavy atom. The molecule has 2 aromatic carbocycles. The Labute approximate surface area is 150 Å². The van der Waals surface area contributed by atoms with Crippen LogP contribution in [0.4, 0.5) is 8.78 Å². The molecule has 1 saturated carbocycles. The van der Waals surface area contributed by atoms with E-state index in [0.717, 1.165) is 41.1 Å². The van der Waals surface area contributed by atoms with Crippen LogP contribution in [-0.4, -0.2) is 11.2 Å². The van der Waals surface area contributed by atoms with Crippen molar-refractivity contribution >= 4 is 22.7 Å². The summed E-state index contributed by atoms with van der Waals surface area (Å²) in [6, 6.07) is 10.3. The summed E-state index contributed by atoms with van der Waals surface area (Å²) < 4.78 is 28.1. The van der Waals surface area contributed by atoms with Crippen molar-refractivity contribution in [2.75, 3.05) is 6.26 Å². The molecule has 4 rings (SSSR count). The van der Waals surface area contributed by atoms with Crippen molar-refractivity contribution < 1.29 is 8.78 Å². The fourth-order valence-corrected chi connectivity index (χ4v) is 4.63. The SMILES string of the molecule is CSCc1cccc2c(C(C)(c3ccc(F)cc3F)C3CC3)c[nH]c12. The lowest BCUT2D eigenvalue weighted by Gasteiger charge is -2.31. The lowest BCUT2D eigenvalue weighted by molar-refractivity contribution is 0.460. The van der Waals surface area contributed by atoms with Crippen LogP contribution < -0.4 is 0 Å². The summed E-state index contributed by atoms with van der Waals surface area (Å²) in [5, 5.41) is 1.14. The van der Waals surface area contributed by atoms with Crippen LogP contribution in [0, 0.1) is 17.6 Å². The molecule has 0 bridgehead atoms. The van der Waals surface area contributed by atoms with Crippen molar-refractivity contribution in [3.63, 3.8) is 0 Å². The highest BCUT2D eigenvalue weighted by atomic mass is 32.2. The van der Waals surface area contributed by atoms with Crippen molar-refractivity contribution in [2.24, 2.45) is 5.92 Å². The molecule has 4 heteroatoms. The van der Waals surface area contributed by atoms with Gasteiger partial charge >= 0.3 is 0 Å². The fourth-order valence-electron chi connectivity index (χ4n) is 4.08. The van der Waals surface area contributed by atoms with E-state index in [1.165, 1.54) is 11.6 Å². The summed E-state index contributed by atoms with van der Waals surface area (Å²) in [5.41, 5.74) is 3.63. The van der Waals surface area contributed by atoms with Crippen LogP contribution in [0.5, 0.6) is 0 Å². The number of rotatable bonds is 5. The highest BCUT2D eigenvalue weighted by molar-refractivity contribution is 7.97. The standard InChI is InChI=1S/C21H21F2NS/c1-21(14-6-7-14,17-9-8-15(22)10-19(17)23)18-11-24-20-13(12-25-2)4-3-5-16(18)20/h3-5,8-11,14,24H,6-7,12H2,1-2H3. The van der Waals surface area contributed by atoms with E-state index in [9.17, 15) is 8.78 Å². The van der Waals surface area contributed by atoms with Gasteiger partial charge in [0.1, 0.15) is 11.6 Å². The number of hydrogen-bond donors (Lipinski definition) is 1. The van der Waals surface area contributed by atoms with Crippen LogP contribution in [0.2, 0.25) is 0 Å². The van der Waals surface area contributed by atoms with E-state index in [1.807, 2.05) is 6.20 Å². The minimum Gasteiger partial charge on any atom is -0.361 e. The van der Waals surface area contributed by atoms with Gasteiger partial charge in [-0.3, -0.25) is 0 Å². The van der Waals surface area contributed by atoms with Crippen LogP contribution in [0.3, 0.4) is 0 Å². The van der Waals surface area contributed by atoms with Gasteiger partial charge in [-0.1, -0.05) is 31.2 Å². The number of nitrogens with one attached hydrogen (secondary N) is 1. The first kappa shape index (κ1) is 16.6. The molecular weight excluding hydrogens is 336 g/mol. The summed E-state index contributed by atoms with van der Waals surface area (Å²) in [5.74, 6) is 0.336. The van der Waals surface area contributed by atoms with E-state index in [4.69, 9.17) is 0 Å². The van der Waals surface area contributed by atoms with Crippen LogP contribution >= 0.6 is 11.8 Å². The molecular formula is C21H21F2NS. The molecule has 1 nitrogen and oxygen atoms in total. The smallest absolute Gasteiger partial charge is 0.130 e.